The summed E-state index contributed by atoms with van der Waals surface area (Å²) >= 11 is 0. The van der Waals surface area contributed by atoms with Gasteiger partial charge in [0.2, 0.25) is 0 Å². The minimum atomic E-state index is -0.335. The van der Waals surface area contributed by atoms with Crippen LogP contribution >= 0.6 is 0 Å². The molecule has 0 aliphatic rings. The van der Waals surface area contributed by atoms with Crippen LogP contribution in [0.4, 0.5) is 4.39 Å². The van der Waals surface area contributed by atoms with E-state index in [2.05, 4.69) is 22.3 Å². The smallest absolute Gasteiger partial charge is 0.267 e. The minimum Gasteiger partial charge on any atom is -0.480 e. The van der Waals surface area contributed by atoms with Crippen molar-refractivity contribution in [2.45, 2.75) is 40.0 Å². The Bertz CT molecular complexity index is 1410. The van der Waals surface area contributed by atoms with Crippen LogP contribution in [0.1, 0.15) is 37.6 Å². The van der Waals surface area contributed by atoms with Gasteiger partial charge in [-0.1, -0.05) is 19.8 Å². The van der Waals surface area contributed by atoms with E-state index < -0.39 is 0 Å². The molecule has 0 aliphatic heterocycles. The van der Waals surface area contributed by atoms with E-state index in [-0.39, 0.29) is 23.9 Å². The number of ether oxygens (including phenoxy) is 1. The Kier molecular flexibility index (Phi) is 7.24. The van der Waals surface area contributed by atoms with Gasteiger partial charge in [0.15, 0.2) is 18.0 Å². The summed E-state index contributed by atoms with van der Waals surface area (Å²) in [6, 6.07) is 11.1. The molecule has 8 nitrogen and oxygen atoms in total. The van der Waals surface area contributed by atoms with Crippen LogP contribution in [0, 0.1) is 19.7 Å². The molecular formula is C26H28FN5O3. The van der Waals surface area contributed by atoms with Gasteiger partial charge in [-0.3, -0.25) is 14.0 Å². The molecule has 0 fully saturated rings. The first kappa shape index (κ1) is 24.1. The highest BCUT2D eigenvalue weighted by molar-refractivity contribution is 5.77. The fourth-order valence-corrected chi connectivity index (χ4v) is 3.89. The number of carbonyl (C=O) groups is 1. The van der Waals surface area contributed by atoms with E-state index in [1.807, 2.05) is 6.92 Å². The maximum absolute atomic E-state index is 13.4. The predicted molar refractivity (Wildman–Crippen MR) is 131 cm³/mol. The standard InChI is InChI=1S/C26H28FN5O3/c1-4-5-6-13-28-23(33)16-35-22-8-7-14-31-25(22)29-18(3)24(26(31)34)21-15-17(2)32(30-21)20-11-9-19(27)10-12-20/h7-12,14-15H,4-6,13,16H2,1-3H3,(H,28,33). The monoisotopic (exact) mass is 477 g/mol. The molecule has 1 N–H and O–H groups in total. The van der Waals surface area contributed by atoms with Gasteiger partial charge in [0.25, 0.3) is 11.5 Å². The van der Waals surface area contributed by atoms with Crippen LogP contribution in [0.15, 0.2) is 53.5 Å². The van der Waals surface area contributed by atoms with Crippen molar-refractivity contribution in [3.63, 3.8) is 0 Å². The molecule has 0 spiro atoms. The molecule has 0 saturated heterocycles. The molecule has 1 amide bonds. The number of carbonyl (C=O) groups excluding carboxylic acids is 1. The number of rotatable bonds is 9. The van der Waals surface area contributed by atoms with Crippen molar-refractivity contribution in [1.29, 1.82) is 0 Å². The number of amides is 1. The molecule has 3 heterocycles. The highest BCUT2D eigenvalue weighted by Gasteiger charge is 2.18. The Balaban J connectivity index is 1.63. The van der Waals surface area contributed by atoms with Crippen molar-refractivity contribution in [2.24, 2.45) is 0 Å². The molecule has 4 rings (SSSR count). The molecular weight excluding hydrogens is 449 g/mol. The van der Waals surface area contributed by atoms with E-state index in [9.17, 15) is 14.0 Å². The average molecular weight is 478 g/mol. The molecule has 0 bridgehead atoms. The van der Waals surface area contributed by atoms with Gasteiger partial charge < -0.3 is 10.1 Å². The van der Waals surface area contributed by atoms with Gasteiger partial charge in [0.05, 0.1) is 16.9 Å². The normalized spacial score (nSPS) is 11.1. The number of nitrogens with one attached hydrogen (secondary N) is 1. The molecule has 0 saturated carbocycles. The number of aromatic nitrogens is 4. The van der Waals surface area contributed by atoms with Crippen molar-refractivity contribution >= 4 is 11.6 Å². The summed E-state index contributed by atoms with van der Waals surface area (Å²) in [5.41, 5.74) is 2.81. The number of pyridine rings is 1. The number of nitrogens with zero attached hydrogens (tertiary/aromatic N) is 4. The fourth-order valence-electron chi connectivity index (χ4n) is 3.89. The SMILES string of the molecule is CCCCCNC(=O)COc1cccn2c(=O)c(-c3cc(C)n(-c4ccc(F)cc4)n3)c(C)nc12. The highest BCUT2D eigenvalue weighted by atomic mass is 19.1. The van der Waals surface area contributed by atoms with Crippen LogP contribution in [0.3, 0.4) is 0 Å². The maximum Gasteiger partial charge on any atom is 0.267 e. The molecule has 0 aliphatic carbocycles. The molecule has 0 atom stereocenters. The summed E-state index contributed by atoms with van der Waals surface area (Å²) in [6.07, 6.45) is 4.66. The van der Waals surface area contributed by atoms with E-state index in [0.29, 0.717) is 40.6 Å². The Morgan fingerprint density at radius 1 is 1.14 bits per heavy atom. The highest BCUT2D eigenvalue weighted by Crippen LogP contribution is 2.24. The minimum absolute atomic E-state index is 0.163. The number of fused-ring (bicyclic) bond motifs is 1. The van der Waals surface area contributed by atoms with E-state index in [1.165, 1.54) is 16.5 Å². The third kappa shape index (κ3) is 5.24. The van der Waals surface area contributed by atoms with Crippen molar-refractivity contribution < 1.29 is 13.9 Å². The summed E-state index contributed by atoms with van der Waals surface area (Å²) in [4.78, 5) is 30.1. The van der Waals surface area contributed by atoms with Crippen molar-refractivity contribution in [2.75, 3.05) is 13.2 Å². The molecule has 1 aromatic carbocycles. The second-order valence-corrected chi connectivity index (χ2v) is 8.35. The number of hydrogen-bond acceptors (Lipinski definition) is 5. The second-order valence-electron chi connectivity index (χ2n) is 8.35. The third-order valence-electron chi connectivity index (χ3n) is 5.68. The lowest BCUT2D eigenvalue weighted by Gasteiger charge is -2.11. The second kappa shape index (κ2) is 10.5. The Labute approximate surface area is 202 Å². The first-order chi connectivity index (χ1) is 16.9. The number of benzene rings is 1. The van der Waals surface area contributed by atoms with Crippen LogP contribution in [0.25, 0.3) is 22.6 Å². The lowest BCUT2D eigenvalue weighted by Crippen LogP contribution is -2.30. The summed E-state index contributed by atoms with van der Waals surface area (Å²) in [7, 11) is 0. The van der Waals surface area contributed by atoms with Gasteiger partial charge >= 0.3 is 0 Å². The van der Waals surface area contributed by atoms with Gasteiger partial charge in [-0.15, -0.1) is 0 Å². The van der Waals surface area contributed by atoms with Crippen LogP contribution in [0.5, 0.6) is 5.75 Å². The van der Waals surface area contributed by atoms with Crippen LogP contribution in [0.2, 0.25) is 0 Å². The first-order valence-electron chi connectivity index (χ1n) is 11.6. The average Bonchev–Trinajstić information content (AvgIpc) is 3.22. The molecule has 0 unspecified atom stereocenters. The Hall–Kier alpha value is -4.01. The molecule has 9 heteroatoms. The third-order valence-corrected chi connectivity index (χ3v) is 5.68. The van der Waals surface area contributed by atoms with E-state index in [0.717, 1.165) is 25.0 Å². The number of unbranched alkanes of at least 4 members (excludes halogenated alkanes) is 2. The number of hydrogen-bond donors (Lipinski definition) is 1. The van der Waals surface area contributed by atoms with Crippen molar-refractivity contribution in [3.05, 3.63) is 76.2 Å². The van der Waals surface area contributed by atoms with Crippen molar-refractivity contribution in [1.82, 2.24) is 24.5 Å². The zero-order valence-electron chi connectivity index (χ0n) is 20.0. The lowest BCUT2D eigenvalue weighted by molar-refractivity contribution is -0.123. The van der Waals surface area contributed by atoms with Gasteiger partial charge in [-0.25, -0.2) is 14.1 Å². The fraction of sp³-hybridized carbons (Fsp3) is 0.308. The van der Waals surface area contributed by atoms with Crippen LogP contribution in [-0.2, 0) is 4.79 Å². The lowest BCUT2D eigenvalue weighted by atomic mass is 10.1. The topological polar surface area (TPSA) is 90.5 Å². The molecule has 35 heavy (non-hydrogen) atoms. The Morgan fingerprint density at radius 2 is 1.91 bits per heavy atom. The largest absolute Gasteiger partial charge is 0.480 e. The number of halogens is 1. The first-order valence-corrected chi connectivity index (χ1v) is 11.6. The summed E-state index contributed by atoms with van der Waals surface area (Å²) in [5.74, 6) is -0.213. The van der Waals surface area contributed by atoms with E-state index >= 15 is 0 Å². The number of aryl methyl sites for hydroxylation is 2. The predicted octanol–water partition coefficient (Wildman–Crippen LogP) is 3.99. The zero-order chi connectivity index (χ0) is 24.9. The summed E-state index contributed by atoms with van der Waals surface area (Å²) in [5, 5.41) is 7.42. The van der Waals surface area contributed by atoms with E-state index in [4.69, 9.17) is 4.74 Å². The van der Waals surface area contributed by atoms with Crippen molar-refractivity contribution in [3.8, 4) is 22.7 Å². The quantitative estimate of drug-likeness (QED) is 0.368. The molecule has 0 radical (unpaired) electrons. The van der Waals surface area contributed by atoms with Crippen LogP contribution < -0.4 is 15.6 Å². The summed E-state index contributed by atoms with van der Waals surface area (Å²) < 4.78 is 22.1. The van der Waals surface area contributed by atoms with Gasteiger partial charge in [-0.2, -0.15) is 5.10 Å². The van der Waals surface area contributed by atoms with Crippen LogP contribution in [-0.4, -0.2) is 38.2 Å². The summed E-state index contributed by atoms with van der Waals surface area (Å²) in [6.45, 7) is 6.15. The van der Waals surface area contributed by atoms with Gasteiger partial charge in [0.1, 0.15) is 11.5 Å². The zero-order valence-corrected chi connectivity index (χ0v) is 20.0. The molecule has 4 aromatic rings. The van der Waals surface area contributed by atoms with E-state index in [1.54, 1.807) is 48.1 Å². The Morgan fingerprint density at radius 3 is 2.66 bits per heavy atom. The maximum atomic E-state index is 13.4. The van der Waals surface area contributed by atoms with Gasteiger partial charge in [0, 0.05) is 18.4 Å². The van der Waals surface area contributed by atoms with Gasteiger partial charge in [-0.05, 0) is 62.7 Å². The molecule has 182 valence electrons. The molecule has 3 aromatic heterocycles.